The highest BCUT2D eigenvalue weighted by atomic mass is 16.1. The molecular formula is C38H38N2O. The van der Waals surface area contributed by atoms with Crippen molar-refractivity contribution in [3.8, 4) is 0 Å². The topological polar surface area (TPSA) is 55.1 Å². The lowest BCUT2D eigenvalue weighted by atomic mass is 9.71. The average molecular weight is 539 g/mol. The Kier molecular flexibility index (Phi) is 6.91. The van der Waals surface area contributed by atoms with Gasteiger partial charge >= 0.3 is 0 Å². The van der Waals surface area contributed by atoms with Gasteiger partial charge in [0, 0.05) is 34.2 Å². The van der Waals surface area contributed by atoms with Crippen LogP contribution in [-0.2, 0) is 4.79 Å². The molecule has 0 amide bonds. The predicted octanol–water partition coefficient (Wildman–Crippen LogP) is 9.47. The molecule has 0 saturated carbocycles. The number of ketones is 1. The van der Waals surface area contributed by atoms with E-state index in [1.54, 1.807) is 6.92 Å². The molecule has 206 valence electrons. The molecule has 2 atom stereocenters. The van der Waals surface area contributed by atoms with E-state index in [-0.39, 0.29) is 23.2 Å². The molecule has 2 unspecified atom stereocenters. The summed E-state index contributed by atoms with van der Waals surface area (Å²) in [6.07, 6.45) is 4.15. The molecule has 3 N–H and O–H groups in total. The van der Waals surface area contributed by atoms with Gasteiger partial charge in [0.05, 0.1) is 5.54 Å². The molecule has 5 aromatic rings. The number of nitrogens with two attached hydrogens (primary N) is 1. The summed E-state index contributed by atoms with van der Waals surface area (Å²) in [6, 6.07) is 33.9. The Morgan fingerprint density at radius 3 is 2.22 bits per heavy atom. The second-order valence-corrected chi connectivity index (χ2v) is 12.1. The predicted molar refractivity (Wildman–Crippen MR) is 175 cm³/mol. The van der Waals surface area contributed by atoms with Gasteiger partial charge in [0.15, 0.2) is 0 Å². The fraction of sp³-hybridized carbons (Fsp3) is 0.237. The number of rotatable bonds is 2. The average Bonchev–Trinajstić information content (AvgIpc) is 2.97. The van der Waals surface area contributed by atoms with E-state index in [0.29, 0.717) is 0 Å². The van der Waals surface area contributed by atoms with Crippen LogP contribution in [0.25, 0.3) is 27.1 Å². The highest BCUT2D eigenvalue weighted by molar-refractivity contribution is 6.14. The van der Waals surface area contributed by atoms with E-state index in [0.717, 1.165) is 23.9 Å². The zero-order valence-electron chi connectivity index (χ0n) is 24.4. The number of carbonyl (C=O) groups is 1. The zero-order chi connectivity index (χ0) is 28.7. The third kappa shape index (κ3) is 5.02. The van der Waals surface area contributed by atoms with Crippen molar-refractivity contribution in [2.75, 3.05) is 11.1 Å². The molecule has 1 aliphatic carbocycles. The zero-order valence-corrected chi connectivity index (χ0v) is 24.4. The summed E-state index contributed by atoms with van der Waals surface area (Å²) >= 11 is 0. The van der Waals surface area contributed by atoms with E-state index in [1.807, 2.05) is 6.07 Å². The van der Waals surface area contributed by atoms with Gasteiger partial charge in [-0.3, -0.25) is 4.79 Å². The SMILES string of the molecule is CC(=O)C1CCC(c2ccccc2)c2c1ccc1c2cc(N)c2ccccc21.CC1=CC(C)(C)Nc2ccccc21. The molecular weight excluding hydrogens is 500 g/mol. The van der Waals surface area contributed by atoms with Crippen LogP contribution in [0.1, 0.15) is 74.6 Å². The fourth-order valence-electron chi connectivity index (χ4n) is 6.95. The first-order chi connectivity index (χ1) is 19.7. The highest BCUT2D eigenvalue weighted by Gasteiger charge is 2.32. The van der Waals surface area contributed by atoms with Gasteiger partial charge in [-0.15, -0.1) is 0 Å². The Morgan fingerprint density at radius 2 is 1.46 bits per heavy atom. The molecule has 0 spiro atoms. The Bertz CT molecular complexity index is 1800. The van der Waals surface area contributed by atoms with E-state index in [4.69, 9.17) is 5.73 Å². The molecule has 0 aromatic heterocycles. The second-order valence-electron chi connectivity index (χ2n) is 12.1. The Hall–Kier alpha value is -4.37. The summed E-state index contributed by atoms with van der Waals surface area (Å²) in [5, 5.41) is 8.16. The molecule has 0 saturated heterocycles. The molecule has 7 rings (SSSR count). The van der Waals surface area contributed by atoms with Crippen LogP contribution >= 0.6 is 0 Å². The number of nitrogens with one attached hydrogen (secondary N) is 1. The van der Waals surface area contributed by atoms with Gasteiger partial charge in [0.25, 0.3) is 0 Å². The van der Waals surface area contributed by atoms with Crippen LogP contribution in [0.5, 0.6) is 0 Å². The van der Waals surface area contributed by atoms with E-state index in [9.17, 15) is 4.79 Å². The number of hydrogen-bond acceptors (Lipinski definition) is 3. The van der Waals surface area contributed by atoms with E-state index < -0.39 is 0 Å². The normalized spacial score (nSPS) is 18.8. The summed E-state index contributed by atoms with van der Waals surface area (Å²) in [4.78, 5) is 12.4. The minimum absolute atomic E-state index is 0.0212. The summed E-state index contributed by atoms with van der Waals surface area (Å²) in [5.74, 6) is 0.518. The molecule has 41 heavy (non-hydrogen) atoms. The van der Waals surface area contributed by atoms with E-state index >= 15 is 0 Å². The molecule has 5 aromatic carbocycles. The lowest BCUT2D eigenvalue weighted by Gasteiger charge is -2.32. The summed E-state index contributed by atoms with van der Waals surface area (Å²) < 4.78 is 0. The van der Waals surface area contributed by atoms with Crippen molar-refractivity contribution in [2.45, 2.75) is 57.9 Å². The number of Topliss-reactive ketones (excluding diaryl/α,β-unsaturated/α-hetero) is 1. The van der Waals surface area contributed by atoms with Crippen molar-refractivity contribution in [1.29, 1.82) is 0 Å². The van der Waals surface area contributed by atoms with Gasteiger partial charge in [-0.1, -0.05) is 91.0 Å². The van der Waals surface area contributed by atoms with Crippen molar-refractivity contribution < 1.29 is 4.79 Å². The summed E-state index contributed by atoms with van der Waals surface area (Å²) in [6.45, 7) is 8.26. The van der Waals surface area contributed by atoms with Crippen molar-refractivity contribution in [3.63, 3.8) is 0 Å². The van der Waals surface area contributed by atoms with Crippen molar-refractivity contribution >= 4 is 44.3 Å². The maximum atomic E-state index is 12.4. The maximum absolute atomic E-state index is 12.4. The minimum atomic E-state index is -0.0212. The first-order valence-corrected chi connectivity index (χ1v) is 14.6. The first-order valence-electron chi connectivity index (χ1n) is 14.6. The molecule has 0 bridgehead atoms. The van der Waals surface area contributed by atoms with Gasteiger partial charge in [-0.25, -0.2) is 0 Å². The van der Waals surface area contributed by atoms with Crippen molar-refractivity contribution in [1.82, 2.24) is 0 Å². The van der Waals surface area contributed by atoms with Crippen LogP contribution in [-0.4, -0.2) is 11.3 Å². The molecule has 0 radical (unpaired) electrons. The summed E-state index contributed by atoms with van der Waals surface area (Å²) in [5.41, 5.74) is 15.0. The summed E-state index contributed by atoms with van der Waals surface area (Å²) in [7, 11) is 0. The van der Waals surface area contributed by atoms with Crippen molar-refractivity contribution in [3.05, 3.63) is 125 Å². The Labute approximate surface area is 243 Å². The first kappa shape index (κ1) is 26.8. The number of fused-ring (bicyclic) bond motifs is 6. The van der Waals surface area contributed by atoms with Crippen LogP contribution in [0, 0.1) is 0 Å². The maximum Gasteiger partial charge on any atom is 0.137 e. The van der Waals surface area contributed by atoms with Gasteiger partial charge < -0.3 is 11.1 Å². The number of allylic oxidation sites excluding steroid dienone is 1. The third-order valence-electron chi connectivity index (χ3n) is 8.70. The standard InChI is InChI=1S/C26H23NO.C12H15N/c1-16(28)18-11-12-19(17-7-3-2-4-8-17)26-23(18)14-13-21-20-9-5-6-10-22(20)25(27)15-24(21)26;1-9-8-12(2,3)13-11-7-5-4-6-10(9)11/h2-10,13-15,18-19H,11-12,27H2,1H3;4-8,13H,1-3H3. The number of hydrogen-bond donors (Lipinski definition) is 2. The lowest BCUT2D eigenvalue weighted by molar-refractivity contribution is -0.118. The van der Waals surface area contributed by atoms with Gasteiger partial charge in [-0.2, -0.15) is 0 Å². The largest absolute Gasteiger partial charge is 0.398 e. The highest BCUT2D eigenvalue weighted by Crippen LogP contribution is 2.47. The van der Waals surface area contributed by atoms with E-state index in [1.165, 1.54) is 49.7 Å². The molecule has 3 heteroatoms. The van der Waals surface area contributed by atoms with Gasteiger partial charge in [0.2, 0.25) is 0 Å². The lowest BCUT2D eigenvalue weighted by Crippen LogP contribution is -2.31. The monoisotopic (exact) mass is 538 g/mol. The Morgan fingerprint density at radius 1 is 0.805 bits per heavy atom. The number of nitrogen functional groups attached to an aromatic ring is 1. The quantitative estimate of drug-likeness (QED) is 0.174. The third-order valence-corrected chi connectivity index (χ3v) is 8.70. The van der Waals surface area contributed by atoms with Crippen LogP contribution in [0.3, 0.4) is 0 Å². The number of carbonyl (C=O) groups excluding carboxylic acids is 1. The number of anilines is 2. The van der Waals surface area contributed by atoms with E-state index in [2.05, 4.69) is 123 Å². The molecule has 2 aliphatic rings. The van der Waals surface area contributed by atoms with Crippen LogP contribution in [0.2, 0.25) is 0 Å². The minimum Gasteiger partial charge on any atom is -0.398 e. The van der Waals surface area contributed by atoms with Crippen LogP contribution < -0.4 is 11.1 Å². The smallest absolute Gasteiger partial charge is 0.137 e. The van der Waals surface area contributed by atoms with Crippen LogP contribution in [0.4, 0.5) is 11.4 Å². The molecule has 3 nitrogen and oxygen atoms in total. The molecule has 0 fully saturated rings. The van der Waals surface area contributed by atoms with Crippen LogP contribution in [0.15, 0.2) is 103 Å². The fourth-order valence-corrected chi connectivity index (χ4v) is 6.95. The molecule has 1 aliphatic heterocycles. The Balaban J connectivity index is 0.000000195. The van der Waals surface area contributed by atoms with Gasteiger partial charge in [0.1, 0.15) is 5.78 Å². The second kappa shape index (κ2) is 10.6. The number of benzene rings is 5. The molecule has 1 heterocycles. The van der Waals surface area contributed by atoms with Crippen molar-refractivity contribution in [2.24, 2.45) is 0 Å². The van der Waals surface area contributed by atoms with Gasteiger partial charge in [-0.05, 0) is 91.1 Å². The number of para-hydroxylation sites is 1.